The van der Waals surface area contributed by atoms with Crippen LogP contribution in [-0.2, 0) is 23.8 Å². The average molecular weight is 278 g/mol. The number of carbonyl (C=O) groups excluding carboxylic acids is 1. The van der Waals surface area contributed by atoms with E-state index < -0.39 is 20.8 Å². The minimum atomic E-state index is -3.36. The molecule has 0 aromatic rings. The number of hydrogen-bond donors (Lipinski definition) is 0. The van der Waals surface area contributed by atoms with Crippen molar-refractivity contribution in [1.82, 2.24) is 0 Å². The van der Waals surface area contributed by atoms with Crippen LogP contribution in [0.4, 0.5) is 0 Å². The van der Waals surface area contributed by atoms with Crippen LogP contribution in [0.15, 0.2) is 0 Å². The van der Waals surface area contributed by atoms with Crippen LogP contribution in [0.5, 0.6) is 0 Å². The Labute approximate surface area is 109 Å². The first-order valence-electron chi connectivity index (χ1n) is 6.35. The predicted octanol–water partition coefficient (Wildman–Crippen LogP) is 1.86. The van der Waals surface area contributed by atoms with Gasteiger partial charge in [-0.25, -0.2) is 0 Å². The summed E-state index contributed by atoms with van der Waals surface area (Å²) in [4.78, 5) is 11.7. The predicted molar refractivity (Wildman–Crippen MR) is 67.5 cm³/mol. The van der Waals surface area contributed by atoms with Gasteiger partial charge in [0.1, 0.15) is 0 Å². The maximum atomic E-state index is 11.7. The molecule has 1 rings (SSSR count). The van der Waals surface area contributed by atoms with E-state index in [0.717, 1.165) is 6.42 Å². The molecule has 1 atom stereocenters. The van der Waals surface area contributed by atoms with Gasteiger partial charge in [0.05, 0.1) is 23.9 Å². The molecule has 1 aliphatic rings. The van der Waals surface area contributed by atoms with Crippen molar-refractivity contribution in [2.45, 2.75) is 51.7 Å². The van der Waals surface area contributed by atoms with E-state index in [9.17, 15) is 13.2 Å². The summed E-state index contributed by atoms with van der Waals surface area (Å²) in [6, 6.07) is 0. The molecule has 1 unspecified atom stereocenters. The smallest absolute Gasteiger partial charge is 0.311 e. The van der Waals surface area contributed by atoms with Gasteiger partial charge in [-0.3, -0.25) is 8.98 Å². The van der Waals surface area contributed by atoms with E-state index in [2.05, 4.69) is 4.18 Å². The molecule has 18 heavy (non-hydrogen) atoms. The third-order valence-electron chi connectivity index (χ3n) is 3.44. The highest BCUT2D eigenvalue weighted by Gasteiger charge is 2.32. The highest BCUT2D eigenvalue weighted by molar-refractivity contribution is 7.87. The van der Waals surface area contributed by atoms with Crippen LogP contribution >= 0.6 is 0 Å². The van der Waals surface area contributed by atoms with E-state index in [0.29, 0.717) is 19.3 Å². The van der Waals surface area contributed by atoms with E-state index in [1.54, 1.807) is 0 Å². The maximum Gasteiger partial charge on any atom is 0.311 e. The van der Waals surface area contributed by atoms with Crippen LogP contribution in [0, 0.1) is 5.41 Å². The van der Waals surface area contributed by atoms with Crippen LogP contribution in [0.3, 0.4) is 0 Å². The molecule has 0 N–H and O–H groups in total. The maximum absolute atomic E-state index is 11.7. The van der Waals surface area contributed by atoms with Crippen LogP contribution in [0.2, 0.25) is 0 Å². The standard InChI is InChI=1S/C12H22O5S/c1-4-12(2,3)11(13)16-8-5-6-10-7-9-17-18(10,14)15/h10H,4-9H2,1-3H3. The quantitative estimate of drug-likeness (QED) is 0.421. The summed E-state index contributed by atoms with van der Waals surface area (Å²) in [5, 5.41) is -0.435. The highest BCUT2D eigenvalue weighted by Crippen LogP contribution is 2.23. The molecule has 0 aliphatic carbocycles. The van der Waals surface area contributed by atoms with Gasteiger partial charge in [-0.05, 0) is 39.5 Å². The Morgan fingerprint density at radius 2 is 2.11 bits per heavy atom. The number of carbonyl (C=O) groups is 1. The third kappa shape index (κ3) is 3.95. The number of rotatable bonds is 6. The molecule has 0 aromatic carbocycles. The minimum absolute atomic E-state index is 0.226. The summed E-state index contributed by atoms with van der Waals surface area (Å²) in [5.74, 6) is -0.226. The molecular weight excluding hydrogens is 256 g/mol. The van der Waals surface area contributed by atoms with Crippen molar-refractivity contribution < 1.29 is 22.1 Å². The Morgan fingerprint density at radius 1 is 1.44 bits per heavy atom. The first-order valence-corrected chi connectivity index (χ1v) is 7.82. The van der Waals surface area contributed by atoms with Gasteiger partial charge in [-0.1, -0.05) is 6.92 Å². The molecule has 1 saturated heterocycles. The molecule has 0 bridgehead atoms. The van der Waals surface area contributed by atoms with E-state index in [-0.39, 0.29) is 19.2 Å². The zero-order valence-electron chi connectivity index (χ0n) is 11.3. The molecule has 1 fully saturated rings. The lowest BCUT2D eigenvalue weighted by Gasteiger charge is -2.20. The lowest BCUT2D eigenvalue weighted by atomic mass is 9.91. The molecule has 106 valence electrons. The topological polar surface area (TPSA) is 69.7 Å². The molecule has 0 amide bonds. The van der Waals surface area contributed by atoms with Gasteiger partial charge in [0.25, 0.3) is 10.1 Å². The van der Waals surface area contributed by atoms with Crippen LogP contribution < -0.4 is 0 Å². The molecule has 5 nitrogen and oxygen atoms in total. The second-order valence-corrected chi connectivity index (χ2v) is 7.13. The Hall–Kier alpha value is -0.620. The number of ether oxygens (including phenoxy) is 1. The monoisotopic (exact) mass is 278 g/mol. The van der Waals surface area contributed by atoms with Crippen molar-refractivity contribution in [3.8, 4) is 0 Å². The zero-order valence-corrected chi connectivity index (χ0v) is 12.1. The van der Waals surface area contributed by atoms with Crippen molar-refractivity contribution in [3.05, 3.63) is 0 Å². The molecule has 1 aliphatic heterocycles. The minimum Gasteiger partial charge on any atom is -0.465 e. The van der Waals surface area contributed by atoms with E-state index >= 15 is 0 Å². The SMILES string of the molecule is CCC(C)(C)C(=O)OCCCC1CCOS1(=O)=O. The third-order valence-corrected chi connectivity index (χ3v) is 5.22. The Morgan fingerprint density at radius 3 is 2.61 bits per heavy atom. The summed E-state index contributed by atoms with van der Waals surface area (Å²) in [7, 11) is -3.36. The van der Waals surface area contributed by atoms with Gasteiger partial charge >= 0.3 is 5.97 Å². The fourth-order valence-electron chi connectivity index (χ4n) is 1.64. The van der Waals surface area contributed by atoms with Gasteiger partial charge in [-0.2, -0.15) is 8.42 Å². The van der Waals surface area contributed by atoms with Gasteiger partial charge in [0.2, 0.25) is 0 Å². The Bertz CT molecular complexity index is 385. The van der Waals surface area contributed by atoms with Gasteiger partial charge in [-0.15, -0.1) is 0 Å². The summed E-state index contributed by atoms with van der Waals surface area (Å²) in [6.07, 6.45) is 2.30. The first kappa shape index (κ1) is 15.4. The van der Waals surface area contributed by atoms with E-state index in [4.69, 9.17) is 4.74 Å². The van der Waals surface area contributed by atoms with Gasteiger partial charge < -0.3 is 4.74 Å². The van der Waals surface area contributed by atoms with Gasteiger partial charge in [0, 0.05) is 0 Å². The van der Waals surface area contributed by atoms with Crippen molar-refractivity contribution in [1.29, 1.82) is 0 Å². The Kier molecular flexibility index (Phi) is 5.16. The molecule has 0 aromatic heterocycles. The summed E-state index contributed by atoms with van der Waals surface area (Å²) in [6.45, 7) is 6.16. The zero-order chi connectivity index (χ0) is 13.8. The highest BCUT2D eigenvalue weighted by atomic mass is 32.2. The van der Waals surface area contributed by atoms with Crippen LogP contribution in [0.25, 0.3) is 0 Å². The second kappa shape index (κ2) is 6.02. The average Bonchev–Trinajstić information content (AvgIpc) is 2.63. The Balaban J connectivity index is 2.26. The molecular formula is C12H22O5S. The van der Waals surface area contributed by atoms with Crippen LogP contribution in [0.1, 0.15) is 46.5 Å². The molecule has 0 radical (unpaired) electrons. The fourth-order valence-corrected chi connectivity index (χ4v) is 3.00. The summed E-state index contributed by atoms with van der Waals surface area (Å²) >= 11 is 0. The fraction of sp³-hybridized carbons (Fsp3) is 0.917. The summed E-state index contributed by atoms with van der Waals surface area (Å²) in [5.41, 5.74) is -0.470. The largest absolute Gasteiger partial charge is 0.465 e. The number of esters is 1. The number of hydrogen-bond acceptors (Lipinski definition) is 5. The van der Waals surface area contributed by atoms with E-state index in [1.165, 1.54) is 0 Å². The van der Waals surface area contributed by atoms with Crippen molar-refractivity contribution in [2.75, 3.05) is 13.2 Å². The van der Waals surface area contributed by atoms with E-state index in [1.807, 2.05) is 20.8 Å². The van der Waals surface area contributed by atoms with Gasteiger partial charge in [0.15, 0.2) is 0 Å². The molecule has 0 saturated carbocycles. The normalized spacial score (nSPS) is 22.9. The van der Waals surface area contributed by atoms with Crippen molar-refractivity contribution in [3.63, 3.8) is 0 Å². The van der Waals surface area contributed by atoms with Crippen molar-refractivity contribution in [2.24, 2.45) is 5.41 Å². The lowest BCUT2D eigenvalue weighted by molar-refractivity contribution is -0.154. The second-order valence-electron chi connectivity index (χ2n) is 5.24. The molecule has 6 heteroatoms. The lowest BCUT2D eigenvalue weighted by Crippen LogP contribution is -2.26. The van der Waals surface area contributed by atoms with Crippen LogP contribution in [-0.4, -0.2) is 32.9 Å². The van der Waals surface area contributed by atoms with Crippen molar-refractivity contribution >= 4 is 16.1 Å². The molecule has 1 heterocycles. The first-order chi connectivity index (χ1) is 8.29. The summed E-state index contributed by atoms with van der Waals surface area (Å²) < 4.78 is 32.5. The molecule has 0 spiro atoms.